The normalized spacial score (nSPS) is 21.4. The van der Waals surface area contributed by atoms with E-state index in [1.807, 2.05) is 0 Å². The molecule has 128 valence electrons. The van der Waals surface area contributed by atoms with Gasteiger partial charge in [-0.2, -0.15) is 0 Å². The van der Waals surface area contributed by atoms with E-state index < -0.39 is 6.36 Å². The van der Waals surface area contributed by atoms with Crippen LogP contribution in [0.4, 0.5) is 13.2 Å². The van der Waals surface area contributed by atoms with Crippen molar-refractivity contribution in [2.45, 2.75) is 45.0 Å². The minimum absolute atomic E-state index is 0.00390. The highest BCUT2D eigenvalue weighted by Gasteiger charge is 2.42. The maximum atomic E-state index is 12.4. The van der Waals surface area contributed by atoms with Gasteiger partial charge in [-0.25, -0.2) is 0 Å². The maximum Gasteiger partial charge on any atom is 0.573 e. The molecule has 1 aliphatic carbocycles. The third kappa shape index (κ3) is 5.65. The van der Waals surface area contributed by atoms with Crippen LogP contribution in [0.2, 0.25) is 0 Å². The summed E-state index contributed by atoms with van der Waals surface area (Å²) in [6.07, 6.45) is -3.04. The molecule has 0 bridgehead atoms. The number of alkyl halides is 3. The number of benzene rings is 1. The summed E-state index contributed by atoms with van der Waals surface area (Å²) in [6, 6.07) is 6.21. The van der Waals surface area contributed by atoms with Crippen LogP contribution in [0.3, 0.4) is 0 Å². The second-order valence-corrected chi connectivity index (χ2v) is 6.13. The van der Waals surface area contributed by atoms with Gasteiger partial charge in [-0.05, 0) is 30.4 Å². The molecular formula is C16H22F3N3O. The average molecular weight is 329 g/mol. The van der Waals surface area contributed by atoms with Crippen LogP contribution in [0.25, 0.3) is 0 Å². The van der Waals surface area contributed by atoms with E-state index in [4.69, 9.17) is 5.73 Å². The molecule has 1 aliphatic rings. The predicted molar refractivity (Wildman–Crippen MR) is 83.4 cm³/mol. The van der Waals surface area contributed by atoms with Crippen molar-refractivity contribution in [2.24, 2.45) is 16.6 Å². The zero-order chi connectivity index (χ0) is 17.0. The summed E-state index contributed by atoms with van der Waals surface area (Å²) < 4.78 is 41.4. The molecule has 0 saturated heterocycles. The Morgan fingerprint density at radius 1 is 1.39 bits per heavy atom. The van der Waals surface area contributed by atoms with E-state index in [1.165, 1.54) is 12.1 Å². The summed E-state index contributed by atoms with van der Waals surface area (Å²) in [7, 11) is 0. The Morgan fingerprint density at radius 3 is 2.74 bits per heavy atom. The van der Waals surface area contributed by atoms with Crippen molar-refractivity contribution >= 4 is 5.96 Å². The summed E-state index contributed by atoms with van der Waals surface area (Å²) in [6.45, 7) is 4.85. The van der Waals surface area contributed by atoms with Crippen molar-refractivity contribution in [1.82, 2.24) is 5.32 Å². The number of halogens is 3. The van der Waals surface area contributed by atoms with E-state index in [9.17, 15) is 13.2 Å². The number of rotatable bonds is 6. The molecule has 0 amide bonds. The largest absolute Gasteiger partial charge is 0.573 e. The fourth-order valence-electron chi connectivity index (χ4n) is 2.38. The molecule has 4 nitrogen and oxygen atoms in total. The van der Waals surface area contributed by atoms with Crippen LogP contribution in [-0.4, -0.2) is 24.9 Å². The Morgan fingerprint density at radius 2 is 2.09 bits per heavy atom. The molecule has 1 saturated carbocycles. The lowest BCUT2D eigenvalue weighted by atomic mass is 10.1. The first-order valence-electron chi connectivity index (χ1n) is 7.67. The van der Waals surface area contributed by atoms with Crippen LogP contribution in [0, 0.1) is 5.92 Å². The van der Waals surface area contributed by atoms with Gasteiger partial charge in [0.25, 0.3) is 0 Å². The van der Waals surface area contributed by atoms with Gasteiger partial charge in [-0.1, -0.05) is 32.0 Å². The molecular weight excluding hydrogens is 307 g/mol. The third-order valence-electron chi connectivity index (χ3n) is 3.66. The first kappa shape index (κ1) is 17.4. The lowest BCUT2D eigenvalue weighted by Gasteiger charge is -2.13. The van der Waals surface area contributed by atoms with E-state index in [0.29, 0.717) is 30.4 Å². The molecule has 3 N–H and O–H groups in total. The molecule has 7 heteroatoms. The predicted octanol–water partition coefficient (Wildman–Crippen LogP) is 3.39. The lowest BCUT2D eigenvalue weighted by molar-refractivity contribution is -0.274. The molecule has 23 heavy (non-hydrogen) atoms. The highest BCUT2D eigenvalue weighted by molar-refractivity contribution is 5.78. The van der Waals surface area contributed by atoms with Gasteiger partial charge < -0.3 is 15.8 Å². The molecule has 1 fully saturated rings. The Balaban J connectivity index is 1.93. The van der Waals surface area contributed by atoms with Crippen molar-refractivity contribution in [1.29, 1.82) is 0 Å². The number of nitrogens with zero attached hydrogens (tertiary/aromatic N) is 1. The number of para-hydroxylation sites is 1. The standard InChI is InChI=1S/C16H22F3N3O/c1-10(2)7-8-21-15(20)22-13-9-12(13)11-5-3-4-6-14(11)23-16(17,18)19/h3-6,10,12-13H,7-9H2,1-2H3,(H3,20,21,22). The quantitative estimate of drug-likeness (QED) is 0.621. The van der Waals surface area contributed by atoms with Gasteiger partial charge in [-0.15, -0.1) is 13.2 Å². The summed E-state index contributed by atoms with van der Waals surface area (Å²) in [5.41, 5.74) is 6.35. The average Bonchev–Trinajstić information content (AvgIpc) is 3.16. The van der Waals surface area contributed by atoms with Crippen LogP contribution >= 0.6 is 0 Å². The summed E-state index contributed by atoms with van der Waals surface area (Å²) in [4.78, 5) is 4.23. The van der Waals surface area contributed by atoms with E-state index >= 15 is 0 Å². The van der Waals surface area contributed by atoms with Gasteiger partial charge in [0, 0.05) is 18.5 Å². The van der Waals surface area contributed by atoms with Gasteiger partial charge in [0.05, 0.1) is 0 Å². The third-order valence-corrected chi connectivity index (χ3v) is 3.66. The molecule has 2 rings (SSSR count). The SMILES string of the molecule is CC(C)CCN=C(N)NC1CC1c1ccccc1OC(F)(F)F. The molecule has 2 atom stereocenters. The summed E-state index contributed by atoms with van der Waals surface area (Å²) in [5, 5.41) is 3.06. The Bertz CT molecular complexity index is 558. The first-order chi connectivity index (χ1) is 10.8. The number of aliphatic imine (C=N–C) groups is 1. The lowest BCUT2D eigenvalue weighted by Crippen LogP contribution is -2.34. The zero-order valence-electron chi connectivity index (χ0n) is 13.2. The molecule has 1 aromatic rings. The monoisotopic (exact) mass is 329 g/mol. The van der Waals surface area contributed by atoms with Crippen LogP contribution in [0.1, 0.15) is 38.2 Å². The topological polar surface area (TPSA) is 59.6 Å². The molecule has 0 aliphatic heterocycles. The summed E-state index contributed by atoms with van der Waals surface area (Å²) >= 11 is 0. The minimum Gasteiger partial charge on any atom is -0.405 e. The van der Waals surface area contributed by atoms with E-state index in [-0.39, 0.29) is 17.7 Å². The molecule has 1 aromatic carbocycles. The van der Waals surface area contributed by atoms with Crippen LogP contribution in [-0.2, 0) is 0 Å². The minimum atomic E-state index is -4.69. The Labute approximate surface area is 133 Å². The smallest absolute Gasteiger partial charge is 0.405 e. The van der Waals surface area contributed by atoms with Crippen molar-refractivity contribution in [2.75, 3.05) is 6.54 Å². The zero-order valence-corrected chi connectivity index (χ0v) is 13.2. The van der Waals surface area contributed by atoms with E-state index in [0.717, 1.165) is 6.42 Å². The van der Waals surface area contributed by atoms with Crippen molar-refractivity contribution in [3.05, 3.63) is 29.8 Å². The molecule has 0 radical (unpaired) electrons. The second-order valence-electron chi connectivity index (χ2n) is 6.13. The van der Waals surface area contributed by atoms with Crippen molar-refractivity contribution < 1.29 is 17.9 Å². The number of guanidine groups is 1. The highest BCUT2D eigenvalue weighted by atomic mass is 19.4. The Kier molecular flexibility index (Phi) is 5.38. The molecule has 0 aromatic heterocycles. The van der Waals surface area contributed by atoms with Gasteiger partial charge >= 0.3 is 6.36 Å². The molecule has 2 unspecified atom stereocenters. The maximum absolute atomic E-state index is 12.4. The highest BCUT2D eigenvalue weighted by Crippen LogP contribution is 2.45. The van der Waals surface area contributed by atoms with Crippen LogP contribution < -0.4 is 15.8 Å². The van der Waals surface area contributed by atoms with Gasteiger partial charge in [0.15, 0.2) is 5.96 Å². The molecule has 0 spiro atoms. The first-order valence-corrected chi connectivity index (χ1v) is 7.67. The van der Waals surface area contributed by atoms with Gasteiger partial charge in [0.2, 0.25) is 0 Å². The number of ether oxygens (including phenoxy) is 1. The van der Waals surface area contributed by atoms with E-state index in [1.54, 1.807) is 12.1 Å². The number of nitrogens with one attached hydrogen (secondary N) is 1. The number of nitrogens with two attached hydrogens (primary N) is 1. The molecule has 0 heterocycles. The van der Waals surface area contributed by atoms with Crippen LogP contribution in [0.15, 0.2) is 29.3 Å². The fraction of sp³-hybridized carbons (Fsp3) is 0.562. The van der Waals surface area contributed by atoms with Gasteiger partial charge in [-0.3, -0.25) is 4.99 Å². The Hall–Kier alpha value is -1.92. The van der Waals surface area contributed by atoms with Gasteiger partial charge in [0.1, 0.15) is 5.75 Å². The fourth-order valence-corrected chi connectivity index (χ4v) is 2.38. The number of hydrogen-bond donors (Lipinski definition) is 2. The van der Waals surface area contributed by atoms with Crippen molar-refractivity contribution in [3.63, 3.8) is 0 Å². The van der Waals surface area contributed by atoms with Crippen LogP contribution in [0.5, 0.6) is 5.75 Å². The number of hydrogen-bond acceptors (Lipinski definition) is 2. The van der Waals surface area contributed by atoms with Crippen molar-refractivity contribution in [3.8, 4) is 5.75 Å². The summed E-state index contributed by atoms with van der Waals surface area (Å²) in [5.74, 6) is 0.691. The van der Waals surface area contributed by atoms with E-state index in [2.05, 4.69) is 28.9 Å². The second kappa shape index (κ2) is 7.10.